The van der Waals surface area contributed by atoms with E-state index in [9.17, 15) is 4.79 Å². The quantitative estimate of drug-likeness (QED) is 0.765. The van der Waals surface area contributed by atoms with E-state index in [1.165, 1.54) is 7.11 Å². The van der Waals surface area contributed by atoms with Gasteiger partial charge in [-0.3, -0.25) is 4.79 Å². The van der Waals surface area contributed by atoms with Crippen molar-refractivity contribution in [3.63, 3.8) is 0 Å². The van der Waals surface area contributed by atoms with Crippen LogP contribution in [0.3, 0.4) is 0 Å². The van der Waals surface area contributed by atoms with Gasteiger partial charge in [0.25, 0.3) is 0 Å². The van der Waals surface area contributed by atoms with Gasteiger partial charge >= 0.3 is 0 Å². The van der Waals surface area contributed by atoms with Crippen molar-refractivity contribution in [3.8, 4) is 11.8 Å². The first-order chi connectivity index (χ1) is 9.22. The van der Waals surface area contributed by atoms with Crippen LogP contribution in [0.4, 0.5) is 5.69 Å². The number of hydrogen-bond acceptors (Lipinski definition) is 4. The molecule has 0 aromatic heterocycles. The average Bonchev–Trinajstić information content (AvgIpc) is 2.43. The Morgan fingerprint density at radius 2 is 2.21 bits per heavy atom. The minimum Gasteiger partial charge on any atom is -0.495 e. The molecular formula is C14H18N2O3. The van der Waals surface area contributed by atoms with Crippen LogP contribution in [0.25, 0.3) is 0 Å². The van der Waals surface area contributed by atoms with E-state index in [0.717, 1.165) is 6.42 Å². The first-order valence-corrected chi connectivity index (χ1v) is 6.17. The van der Waals surface area contributed by atoms with Crippen LogP contribution in [0.5, 0.6) is 5.75 Å². The molecule has 0 radical (unpaired) electrons. The van der Waals surface area contributed by atoms with Gasteiger partial charge in [-0.05, 0) is 18.6 Å². The molecular weight excluding hydrogens is 244 g/mol. The molecule has 0 saturated carbocycles. The summed E-state index contributed by atoms with van der Waals surface area (Å²) in [5.41, 5.74) is 0.787. The number of rotatable bonds is 7. The Morgan fingerprint density at radius 1 is 1.42 bits per heavy atom. The number of para-hydroxylation sites is 1. The predicted octanol–water partition coefficient (Wildman–Crippen LogP) is 2.32. The fourth-order valence-electron chi connectivity index (χ4n) is 1.54. The van der Waals surface area contributed by atoms with Gasteiger partial charge in [0.1, 0.15) is 17.5 Å². The maximum Gasteiger partial charge on any atom is 0.226 e. The fraction of sp³-hybridized carbons (Fsp3) is 0.429. The molecule has 0 aliphatic carbocycles. The number of nitrogens with one attached hydrogen (secondary N) is 1. The number of carbonyl (C=O) groups excluding carboxylic acids is 1. The monoisotopic (exact) mass is 262 g/mol. The second-order valence-corrected chi connectivity index (χ2v) is 3.91. The molecule has 1 rings (SSSR count). The summed E-state index contributed by atoms with van der Waals surface area (Å²) in [6, 6.07) is 7.06. The van der Waals surface area contributed by atoms with E-state index in [4.69, 9.17) is 14.7 Å². The number of anilines is 1. The van der Waals surface area contributed by atoms with Crippen LogP contribution in [-0.4, -0.2) is 26.2 Å². The van der Waals surface area contributed by atoms with Crippen molar-refractivity contribution in [2.75, 3.05) is 25.6 Å². The summed E-state index contributed by atoms with van der Waals surface area (Å²) in [5, 5.41) is 11.7. The van der Waals surface area contributed by atoms with Crippen LogP contribution < -0.4 is 10.1 Å². The molecule has 0 bridgehead atoms. The standard InChI is InChI=1S/C14H18N2O3/c1-3-8-19-9-7-13(17)16-14-11(10-15)5-4-6-12(14)18-2/h4-6H,3,7-9H2,1-2H3,(H,16,17). The SMILES string of the molecule is CCCOCCC(=O)Nc1c(C#N)cccc1OC. The molecule has 5 heteroatoms. The van der Waals surface area contributed by atoms with Crippen molar-refractivity contribution < 1.29 is 14.3 Å². The summed E-state index contributed by atoms with van der Waals surface area (Å²) in [5.74, 6) is 0.277. The molecule has 1 N–H and O–H groups in total. The van der Waals surface area contributed by atoms with Crippen LogP contribution in [0.15, 0.2) is 18.2 Å². The lowest BCUT2D eigenvalue weighted by Crippen LogP contribution is -2.15. The molecule has 0 aliphatic rings. The van der Waals surface area contributed by atoms with Crippen LogP contribution >= 0.6 is 0 Å². The number of benzene rings is 1. The van der Waals surface area contributed by atoms with Crippen LogP contribution in [0.1, 0.15) is 25.3 Å². The van der Waals surface area contributed by atoms with Gasteiger partial charge in [-0.15, -0.1) is 0 Å². The van der Waals surface area contributed by atoms with Crippen LogP contribution in [-0.2, 0) is 9.53 Å². The zero-order chi connectivity index (χ0) is 14.1. The molecule has 1 aromatic carbocycles. The zero-order valence-electron chi connectivity index (χ0n) is 11.2. The molecule has 5 nitrogen and oxygen atoms in total. The average molecular weight is 262 g/mol. The lowest BCUT2D eigenvalue weighted by molar-refractivity contribution is -0.117. The molecule has 0 unspecified atom stereocenters. The molecule has 19 heavy (non-hydrogen) atoms. The van der Waals surface area contributed by atoms with Crippen molar-refractivity contribution in [2.24, 2.45) is 0 Å². The Morgan fingerprint density at radius 3 is 2.84 bits per heavy atom. The smallest absolute Gasteiger partial charge is 0.226 e. The molecule has 0 heterocycles. The predicted molar refractivity (Wildman–Crippen MR) is 72.1 cm³/mol. The highest BCUT2D eigenvalue weighted by Crippen LogP contribution is 2.27. The van der Waals surface area contributed by atoms with Crippen molar-refractivity contribution in [2.45, 2.75) is 19.8 Å². The van der Waals surface area contributed by atoms with E-state index in [1.807, 2.05) is 13.0 Å². The highest BCUT2D eigenvalue weighted by atomic mass is 16.5. The van der Waals surface area contributed by atoms with Crippen LogP contribution in [0.2, 0.25) is 0 Å². The lowest BCUT2D eigenvalue weighted by Gasteiger charge is -2.11. The largest absolute Gasteiger partial charge is 0.495 e. The molecule has 1 aromatic rings. The van der Waals surface area contributed by atoms with E-state index in [-0.39, 0.29) is 12.3 Å². The lowest BCUT2D eigenvalue weighted by atomic mass is 10.1. The van der Waals surface area contributed by atoms with Gasteiger partial charge in [0.2, 0.25) is 5.91 Å². The number of methoxy groups -OCH3 is 1. The fourth-order valence-corrected chi connectivity index (χ4v) is 1.54. The summed E-state index contributed by atoms with van der Waals surface area (Å²) < 4.78 is 10.4. The highest BCUT2D eigenvalue weighted by molar-refractivity contribution is 5.94. The van der Waals surface area contributed by atoms with E-state index in [1.54, 1.807) is 18.2 Å². The number of nitrogens with zero attached hydrogens (tertiary/aromatic N) is 1. The normalized spacial score (nSPS) is 9.74. The van der Waals surface area contributed by atoms with Gasteiger partial charge in [-0.25, -0.2) is 0 Å². The number of hydrogen-bond donors (Lipinski definition) is 1. The van der Waals surface area contributed by atoms with Crippen molar-refractivity contribution in [1.29, 1.82) is 5.26 Å². The van der Waals surface area contributed by atoms with E-state index < -0.39 is 0 Å². The molecule has 0 fully saturated rings. The van der Waals surface area contributed by atoms with E-state index in [0.29, 0.717) is 30.2 Å². The molecule has 0 atom stereocenters. The summed E-state index contributed by atoms with van der Waals surface area (Å²) in [6.07, 6.45) is 1.18. The Hall–Kier alpha value is -2.06. The minimum atomic E-state index is -0.197. The van der Waals surface area contributed by atoms with Gasteiger partial charge < -0.3 is 14.8 Å². The third-order valence-corrected chi connectivity index (χ3v) is 2.45. The Labute approximate surface area is 113 Å². The third kappa shape index (κ3) is 4.60. The number of nitriles is 1. The minimum absolute atomic E-state index is 0.197. The van der Waals surface area contributed by atoms with Gasteiger partial charge in [0, 0.05) is 6.61 Å². The second kappa shape index (κ2) is 8.11. The number of ether oxygens (including phenoxy) is 2. The Kier molecular flexibility index (Phi) is 6.41. The van der Waals surface area contributed by atoms with Crippen molar-refractivity contribution >= 4 is 11.6 Å². The van der Waals surface area contributed by atoms with Crippen LogP contribution in [0, 0.1) is 11.3 Å². The van der Waals surface area contributed by atoms with E-state index in [2.05, 4.69) is 5.32 Å². The summed E-state index contributed by atoms with van der Waals surface area (Å²) >= 11 is 0. The van der Waals surface area contributed by atoms with Crippen molar-refractivity contribution in [1.82, 2.24) is 0 Å². The zero-order valence-corrected chi connectivity index (χ0v) is 11.2. The Bertz CT molecular complexity index is 466. The molecule has 0 saturated heterocycles. The van der Waals surface area contributed by atoms with Gasteiger partial charge in [-0.2, -0.15) is 5.26 Å². The first kappa shape index (κ1) is 15.0. The summed E-state index contributed by atoms with van der Waals surface area (Å²) in [6.45, 7) is 3.02. The molecule has 102 valence electrons. The second-order valence-electron chi connectivity index (χ2n) is 3.91. The Balaban J connectivity index is 2.65. The molecule has 0 spiro atoms. The first-order valence-electron chi connectivity index (χ1n) is 6.17. The summed E-state index contributed by atoms with van der Waals surface area (Å²) in [4.78, 5) is 11.8. The summed E-state index contributed by atoms with van der Waals surface area (Å²) in [7, 11) is 1.50. The number of amides is 1. The van der Waals surface area contributed by atoms with Crippen molar-refractivity contribution in [3.05, 3.63) is 23.8 Å². The topological polar surface area (TPSA) is 71.3 Å². The maximum absolute atomic E-state index is 11.8. The van der Waals surface area contributed by atoms with Gasteiger partial charge in [0.15, 0.2) is 0 Å². The third-order valence-electron chi connectivity index (χ3n) is 2.45. The molecule has 0 aliphatic heterocycles. The highest BCUT2D eigenvalue weighted by Gasteiger charge is 2.11. The van der Waals surface area contributed by atoms with E-state index >= 15 is 0 Å². The van der Waals surface area contributed by atoms with Gasteiger partial charge in [-0.1, -0.05) is 13.0 Å². The van der Waals surface area contributed by atoms with Gasteiger partial charge in [0.05, 0.1) is 25.7 Å². The number of carbonyl (C=O) groups is 1. The molecule has 1 amide bonds. The maximum atomic E-state index is 11.8.